The molecule has 1 aliphatic rings. The summed E-state index contributed by atoms with van der Waals surface area (Å²) in [6.07, 6.45) is 0.00533. The molecule has 0 fully saturated rings. The Balaban J connectivity index is 2.13. The normalized spacial score (nSPS) is 17.7. The average molecular weight is 362 g/mol. The smallest absolute Gasteiger partial charge is 0.322 e. The molecule has 0 unspecified atom stereocenters. The maximum atomic E-state index is 13.0. The fourth-order valence-electron chi connectivity index (χ4n) is 2.91. The number of aliphatic carboxylic acids is 1. The Kier molecular flexibility index (Phi) is 4.27. The topological polar surface area (TPSA) is 118 Å². The molecule has 1 atom stereocenters. The number of rotatable bonds is 4. The van der Waals surface area contributed by atoms with Crippen molar-refractivity contribution in [3.05, 3.63) is 69.8 Å². The lowest BCUT2D eigenvalue weighted by atomic mass is 9.96. The van der Waals surface area contributed by atoms with Gasteiger partial charge < -0.3 is 5.11 Å². The summed E-state index contributed by atoms with van der Waals surface area (Å²) in [5, 5.41) is 20.7. The average Bonchev–Trinajstić information content (AvgIpc) is 2.60. The van der Waals surface area contributed by atoms with Crippen molar-refractivity contribution in [2.75, 3.05) is 0 Å². The van der Waals surface area contributed by atoms with Gasteiger partial charge in [-0.15, -0.1) is 0 Å². The van der Waals surface area contributed by atoms with Crippen molar-refractivity contribution in [2.24, 2.45) is 0 Å². The van der Waals surface area contributed by atoms with Gasteiger partial charge in [0.05, 0.1) is 4.92 Å². The number of para-hydroxylation sites is 1. The molecule has 2 aromatic rings. The molecule has 1 heterocycles. The second-order valence-corrected chi connectivity index (χ2v) is 7.46. The van der Waals surface area contributed by atoms with Gasteiger partial charge in [-0.25, -0.2) is 8.42 Å². The lowest BCUT2D eigenvalue weighted by Crippen LogP contribution is -2.48. The summed E-state index contributed by atoms with van der Waals surface area (Å²) in [7, 11) is -4.36. The largest absolute Gasteiger partial charge is 0.480 e. The van der Waals surface area contributed by atoms with Crippen molar-refractivity contribution in [3.8, 4) is 0 Å². The van der Waals surface area contributed by atoms with E-state index in [0.29, 0.717) is 5.56 Å². The summed E-state index contributed by atoms with van der Waals surface area (Å²) in [4.78, 5) is 21.5. The fraction of sp³-hybridized carbons (Fsp3) is 0.188. The SMILES string of the molecule is O=C(O)[C@H]1Cc2ccccc2CN1S(=O)(=O)c1ccccc1[N+](=O)[O-]. The van der Waals surface area contributed by atoms with Crippen molar-refractivity contribution in [2.45, 2.75) is 23.9 Å². The van der Waals surface area contributed by atoms with E-state index in [4.69, 9.17) is 0 Å². The highest BCUT2D eigenvalue weighted by Gasteiger charge is 2.41. The van der Waals surface area contributed by atoms with Crippen LogP contribution in [0.3, 0.4) is 0 Å². The van der Waals surface area contributed by atoms with Crippen LogP contribution in [0, 0.1) is 10.1 Å². The zero-order valence-electron chi connectivity index (χ0n) is 12.9. The van der Waals surface area contributed by atoms with Crippen LogP contribution >= 0.6 is 0 Å². The molecule has 1 aliphatic heterocycles. The molecule has 130 valence electrons. The van der Waals surface area contributed by atoms with Crippen LogP contribution in [0.1, 0.15) is 11.1 Å². The number of nitrogens with zero attached hydrogens (tertiary/aromatic N) is 2. The standard InChI is InChI=1S/C16H14N2O6S/c19-16(20)14-9-11-5-1-2-6-12(11)10-17(14)25(23,24)15-8-4-3-7-13(15)18(21)22/h1-8,14H,9-10H2,(H,19,20)/t14-/m1/s1. The zero-order chi connectivity index (χ0) is 18.2. The number of sulfonamides is 1. The van der Waals surface area contributed by atoms with Crippen molar-refractivity contribution in [1.29, 1.82) is 0 Å². The van der Waals surface area contributed by atoms with Crippen LogP contribution in [0.15, 0.2) is 53.4 Å². The van der Waals surface area contributed by atoms with Crippen LogP contribution in [0.2, 0.25) is 0 Å². The maximum Gasteiger partial charge on any atom is 0.322 e. The molecular weight excluding hydrogens is 348 g/mol. The van der Waals surface area contributed by atoms with E-state index in [1.807, 2.05) is 0 Å². The van der Waals surface area contributed by atoms with Crippen molar-refractivity contribution < 1.29 is 23.2 Å². The summed E-state index contributed by atoms with van der Waals surface area (Å²) in [5.41, 5.74) is 0.858. The molecule has 0 saturated heterocycles. The molecule has 0 radical (unpaired) electrons. The Hall–Kier alpha value is -2.78. The van der Waals surface area contributed by atoms with Gasteiger partial charge in [0.25, 0.3) is 15.7 Å². The molecule has 0 bridgehead atoms. The number of carboxylic acid groups (broad SMARTS) is 1. The van der Waals surface area contributed by atoms with Crippen molar-refractivity contribution in [1.82, 2.24) is 4.31 Å². The molecule has 2 aromatic carbocycles. The number of carboxylic acids is 1. The molecule has 1 N–H and O–H groups in total. The number of hydrogen-bond acceptors (Lipinski definition) is 5. The lowest BCUT2D eigenvalue weighted by Gasteiger charge is -2.33. The second-order valence-electron chi connectivity index (χ2n) is 5.60. The van der Waals surface area contributed by atoms with Gasteiger partial charge in [-0.2, -0.15) is 4.31 Å². The van der Waals surface area contributed by atoms with Crippen LogP contribution in [0.4, 0.5) is 5.69 Å². The number of benzene rings is 2. The second kappa shape index (κ2) is 6.26. The van der Waals surface area contributed by atoms with E-state index < -0.39 is 37.5 Å². The van der Waals surface area contributed by atoms with Crippen molar-refractivity contribution >= 4 is 21.7 Å². The van der Waals surface area contributed by atoms with Gasteiger partial charge in [0, 0.05) is 19.0 Å². The number of nitro benzene ring substituents is 1. The Labute approximate surface area is 143 Å². The fourth-order valence-corrected chi connectivity index (χ4v) is 4.63. The van der Waals surface area contributed by atoms with E-state index in [1.54, 1.807) is 24.3 Å². The minimum atomic E-state index is -4.36. The minimum absolute atomic E-state index is 0.00533. The van der Waals surface area contributed by atoms with E-state index in [0.717, 1.165) is 22.0 Å². The predicted octanol–water partition coefficient (Wildman–Crippen LogP) is 1.79. The van der Waals surface area contributed by atoms with E-state index in [2.05, 4.69) is 0 Å². The Morgan fingerprint density at radius 2 is 1.72 bits per heavy atom. The Morgan fingerprint density at radius 1 is 1.12 bits per heavy atom. The third kappa shape index (κ3) is 2.99. The van der Waals surface area contributed by atoms with Gasteiger partial charge in [0.15, 0.2) is 4.90 Å². The Bertz CT molecular complexity index is 957. The monoisotopic (exact) mass is 362 g/mol. The summed E-state index contributed by atoms with van der Waals surface area (Å²) in [6, 6.07) is 10.6. The highest BCUT2D eigenvalue weighted by Crippen LogP contribution is 2.32. The summed E-state index contributed by atoms with van der Waals surface area (Å²) < 4.78 is 26.8. The van der Waals surface area contributed by atoms with Crippen LogP contribution in [0.25, 0.3) is 0 Å². The molecular formula is C16H14N2O6S. The molecule has 25 heavy (non-hydrogen) atoms. The molecule has 0 aliphatic carbocycles. The number of hydrogen-bond donors (Lipinski definition) is 1. The van der Waals surface area contributed by atoms with Crippen LogP contribution in [-0.2, 0) is 27.8 Å². The molecule has 0 saturated carbocycles. The van der Waals surface area contributed by atoms with Crippen LogP contribution < -0.4 is 0 Å². The van der Waals surface area contributed by atoms with Gasteiger partial charge in [0.2, 0.25) is 0 Å². The molecule has 9 heteroatoms. The number of carbonyl (C=O) groups is 1. The zero-order valence-corrected chi connectivity index (χ0v) is 13.7. The minimum Gasteiger partial charge on any atom is -0.480 e. The van der Waals surface area contributed by atoms with E-state index in [9.17, 15) is 28.4 Å². The van der Waals surface area contributed by atoms with Gasteiger partial charge in [0.1, 0.15) is 6.04 Å². The summed E-state index contributed by atoms with van der Waals surface area (Å²) in [6.45, 7) is -0.151. The number of fused-ring (bicyclic) bond motifs is 1. The molecule has 0 aromatic heterocycles. The predicted molar refractivity (Wildman–Crippen MR) is 87.4 cm³/mol. The first-order valence-corrected chi connectivity index (χ1v) is 8.81. The number of nitro groups is 1. The van der Waals surface area contributed by atoms with Crippen molar-refractivity contribution in [3.63, 3.8) is 0 Å². The first-order chi connectivity index (χ1) is 11.8. The first kappa shape index (κ1) is 17.1. The van der Waals surface area contributed by atoms with Gasteiger partial charge >= 0.3 is 5.97 Å². The summed E-state index contributed by atoms with van der Waals surface area (Å²) >= 11 is 0. The van der Waals surface area contributed by atoms with E-state index in [1.165, 1.54) is 12.1 Å². The highest BCUT2D eigenvalue weighted by molar-refractivity contribution is 7.89. The third-order valence-electron chi connectivity index (χ3n) is 4.14. The van der Waals surface area contributed by atoms with Gasteiger partial charge in [-0.05, 0) is 17.2 Å². The van der Waals surface area contributed by atoms with Crippen LogP contribution in [0.5, 0.6) is 0 Å². The quantitative estimate of drug-likeness (QED) is 0.654. The third-order valence-corrected chi connectivity index (χ3v) is 6.04. The Morgan fingerprint density at radius 3 is 2.36 bits per heavy atom. The highest BCUT2D eigenvalue weighted by atomic mass is 32.2. The lowest BCUT2D eigenvalue weighted by molar-refractivity contribution is -0.387. The summed E-state index contributed by atoms with van der Waals surface area (Å²) in [5.74, 6) is -1.29. The molecule has 0 spiro atoms. The molecule has 8 nitrogen and oxygen atoms in total. The first-order valence-electron chi connectivity index (χ1n) is 7.37. The molecule has 3 rings (SSSR count). The maximum absolute atomic E-state index is 13.0. The molecule has 0 amide bonds. The van der Waals surface area contributed by atoms with Crippen LogP contribution in [-0.4, -0.2) is 34.8 Å². The van der Waals surface area contributed by atoms with E-state index >= 15 is 0 Å². The van der Waals surface area contributed by atoms with E-state index in [-0.39, 0.29) is 13.0 Å². The van der Waals surface area contributed by atoms with Gasteiger partial charge in [-0.3, -0.25) is 14.9 Å². The van der Waals surface area contributed by atoms with Gasteiger partial charge in [-0.1, -0.05) is 36.4 Å².